The van der Waals surface area contributed by atoms with Gasteiger partial charge in [-0.3, -0.25) is 29.9 Å². The number of nitrogens with zero attached hydrogens (tertiary/aromatic N) is 1. The number of nitrogens with one attached hydrogen (secondary N) is 2. The minimum absolute atomic E-state index is 0.0368. The number of aromatic hydroxyl groups is 1. The number of amides is 4. The maximum absolute atomic E-state index is 15.0. The van der Waals surface area contributed by atoms with Gasteiger partial charge in [-0.15, -0.1) is 0 Å². The van der Waals surface area contributed by atoms with Gasteiger partial charge in [0.15, 0.2) is 11.6 Å². The Kier molecular flexibility index (Phi) is 6.18. The molecule has 3 aromatic carbocycles. The molecular weight excluding hydrogens is 580 g/mol. The van der Waals surface area contributed by atoms with Crippen LogP contribution >= 0.6 is 11.6 Å². The number of phenols is 1. The van der Waals surface area contributed by atoms with Crippen LogP contribution in [0.5, 0.6) is 5.75 Å². The van der Waals surface area contributed by atoms with Gasteiger partial charge in [-0.2, -0.15) is 5.01 Å². The fraction of sp³-hybridized carbons (Fsp3) is 0.250. The van der Waals surface area contributed by atoms with Crippen LogP contribution in [0.1, 0.15) is 29.9 Å². The molecule has 6 atom stereocenters. The molecule has 0 aromatic heterocycles. The van der Waals surface area contributed by atoms with Crippen molar-refractivity contribution in [2.24, 2.45) is 23.7 Å². The van der Waals surface area contributed by atoms with Crippen LogP contribution in [0.15, 0.2) is 78.4 Å². The van der Waals surface area contributed by atoms with E-state index in [1.807, 2.05) is 0 Å². The number of hydrazine groups is 1. The first-order valence-corrected chi connectivity index (χ1v) is 14.2. The molecule has 1 saturated carbocycles. The fourth-order valence-corrected chi connectivity index (χ4v) is 7.80. The van der Waals surface area contributed by atoms with Crippen molar-refractivity contribution in [3.63, 3.8) is 0 Å². The third kappa shape index (κ3) is 3.85. The number of halogens is 3. The summed E-state index contributed by atoms with van der Waals surface area (Å²) >= 11 is 6.22. The zero-order valence-corrected chi connectivity index (χ0v) is 23.1. The number of allylic oxidation sites excluding steroid dienone is 2. The summed E-state index contributed by atoms with van der Waals surface area (Å²) in [6.45, 7) is 0. The molecule has 11 heteroatoms. The summed E-state index contributed by atoms with van der Waals surface area (Å²) in [6, 6.07) is 15.5. The number of carbonyl (C=O) groups excluding carboxylic acids is 4. The SMILES string of the molecule is O=C1NC(=O)[C@H]2CC=C3[C@@H](C[C@H]4C(=O)N(Nc5ccc(F)cc5)C(=O)[C@@]4(c4ccc(Cl)cc4)[C@H]3c3cccc(F)c3O)[C@@H]12. The van der Waals surface area contributed by atoms with Crippen molar-refractivity contribution >= 4 is 40.9 Å². The third-order valence-corrected chi connectivity index (χ3v) is 9.68. The van der Waals surface area contributed by atoms with Gasteiger partial charge in [0.1, 0.15) is 5.82 Å². The lowest BCUT2D eigenvalue weighted by molar-refractivity contribution is -0.138. The molecule has 4 aliphatic rings. The second kappa shape index (κ2) is 9.74. The Balaban J connectivity index is 1.49. The number of rotatable bonds is 4. The molecule has 3 N–H and O–H groups in total. The van der Waals surface area contributed by atoms with E-state index in [4.69, 9.17) is 11.6 Å². The van der Waals surface area contributed by atoms with Crippen LogP contribution in [0.2, 0.25) is 5.02 Å². The molecule has 0 spiro atoms. The zero-order valence-electron chi connectivity index (χ0n) is 22.4. The Morgan fingerprint density at radius 3 is 2.37 bits per heavy atom. The number of phenolic OH excluding ortho intramolecular Hbond substituents is 1. The molecule has 0 radical (unpaired) electrons. The maximum atomic E-state index is 15.0. The molecular formula is C32H24ClF2N3O5. The molecule has 0 bridgehead atoms. The van der Waals surface area contributed by atoms with Crippen LogP contribution in [0.25, 0.3) is 0 Å². The Morgan fingerprint density at radius 1 is 0.930 bits per heavy atom. The van der Waals surface area contributed by atoms with Gasteiger partial charge in [0.05, 0.1) is 28.9 Å². The van der Waals surface area contributed by atoms with E-state index in [1.54, 1.807) is 30.3 Å². The van der Waals surface area contributed by atoms with E-state index < -0.39 is 76.0 Å². The molecule has 218 valence electrons. The van der Waals surface area contributed by atoms with E-state index in [1.165, 1.54) is 36.4 Å². The predicted octanol–water partition coefficient (Wildman–Crippen LogP) is 4.60. The fourth-order valence-electron chi connectivity index (χ4n) is 7.68. The van der Waals surface area contributed by atoms with E-state index in [0.717, 1.165) is 11.1 Å². The minimum Gasteiger partial charge on any atom is -0.505 e. The summed E-state index contributed by atoms with van der Waals surface area (Å²) in [7, 11) is 0. The molecule has 43 heavy (non-hydrogen) atoms. The number of hydrogen-bond acceptors (Lipinski definition) is 6. The van der Waals surface area contributed by atoms with Gasteiger partial charge < -0.3 is 5.11 Å². The Bertz CT molecular complexity index is 1740. The normalized spacial score (nSPS) is 29.5. The van der Waals surface area contributed by atoms with Crippen LogP contribution < -0.4 is 10.7 Å². The number of benzene rings is 3. The molecule has 7 rings (SSSR count). The first kappa shape index (κ1) is 27.3. The van der Waals surface area contributed by atoms with Gasteiger partial charge in [0.25, 0.3) is 11.8 Å². The highest BCUT2D eigenvalue weighted by Gasteiger charge is 2.70. The van der Waals surface area contributed by atoms with Gasteiger partial charge in [-0.05, 0) is 66.8 Å². The van der Waals surface area contributed by atoms with Crippen molar-refractivity contribution < 1.29 is 33.1 Å². The molecule has 8 nitrogen and oxygen atoms in total. The smallest absolute Gasteiger partial charge is 0.260 e. The molecule has 3 fully saturated rings. The highest BCUT2D eigenvalue weighted by atomic mass is 35.5. The lowest BCUT2D eigenvalue weighted by Crippen LogP contribution is -2.53. The van der Waals surface area contributed by atoms with Gasteiger partial charge >= 0.3 is 0 Å². The summed E-state index contributed by atoms with van der Waals surface area (Å²) in [5, 5.41) is 14.8. The summed E-state index contributed by atoms with van der Waals surface area (Å²) in [5.74, 6) is -8.53. The minimum atomic E-state index is -1.70. The standard InChI is InChI=1S/C32H24ClF2N3O5/c33-16-6-4-15(5-7-16)32-23(30(42)38(31(32)43)37-18-10-8-17(34)9-11-18)14-22-19(12-13-20-25(22)29(41)36-28(20)40)26(32)21-2-1-3-24(35)27(21)39/h1-12,20,22-23,25-26,37,39H,13-14H2,(H,36,40,41)/t20-,22+,23-,25-,26+,32+/m0/s1. The van der Waals surface area contributed by atoms with E-state index >= 15 is 0 Å². The topological polar surface area (TPSA) is 116 Å². The number of hydrogen-bond donors (Lipinski definition) is 3. The monoisotopic (exact) mass is 603 g/mol. The summed E-state index contributed by atoms with van der Waals surface area (Å²) in [5.41, 5.74) is 2.45. The molecule has 3 aromatic rings. The van der Waals surface area contributed by atoms with Crippen molar-refractivity contribution in [3.05, 3.63) is 106 Å². The third-order valence-electron chi connectivity index (χ3n) is 9.43. The first-order chi connectivity index (χ1) is 20.6. The molecule has 2 aliphatic carbocycles. The van der Waals surface area contributed by atoms with Gasteiger partial charge in [0, 0.05) is 16.5 Å². The summed E-state index contributed by atoms with van der Waals surface area (Å²) in [4.78, 5) is 54.9. The number of para-hydroxylation sites is 1. The van der Waals surface area contributed by atoms with E-state index in [-0.39, 0.29) is 24.1 Å². The number of imide groups is 2. The number of anilines is 1. The maximum Gasteiger partial charge on any atom is 0.260 e. The predicted molar refractivity (Wildman–Crippen MR) is 150 cm³/mol. The van der Waals surface area contributed by atoms with Gasteiger partial charge in [0.2, 0.25) is 11.8 Å². The average molecular weight is 604 g/mol. The van der Waals surface area contributed by atoms with E-state index in [9.17, 15) is 33.1 Å². The highest BCUT2D eigenvalue weighted by molar-refractivity contribution is 6.30. The van der Waals surface area contributed by atoms with Crippen LogP contribution in [-0.2, 0) is 24.6 Å². The second-order valence-corrected chi connectivity index (χ2v) is 11.8. The van der Waals surface area contributed by atoms with Crippen molar-refractivity contribution in [1.29, 1.82) is 0 Å². The van der Waals surface area contributed by atoms with E-state index in [0.29, 0.717) is 16.2 Å². The van der Waals surface area contributed by atoms with Crippen molar-refractivity contribution in [3.8, 4) is 5.75 Å². The van der Waals surface area contributed by atoms with Crippen LogP contribution in [0.4, 0.5) is 14.5 Å². The van der Waals surface area contributed by atoms with Gasteiger partial charge in [-0.1, -0.05) is 47.5 Å². The quantitative estimate of drug-likeness (QED) is 0.297. The zero-order chi connectivity index (χ0) is 30.2. The van der Waals surface area contributed by atoms with Crippen LogP contribution in [0.3, 0.4) is 0 Å². The molecule has 2 heterocycles. The van der Waals surface area contributed by atoms with Crippen molar-refractivity contribution in [2.75, 3.05) is 5.43 Å². The van der Waals surface area contributed by atoms with Gasteiger partial charge in [-0.25, -0.2) is 8.78 Å². The first-order valence-electron chi connectivity index (χ1n) is 13.8. The largest absolute Gasteiger partial charge is 0.505 e. The van der Waals surface area contributed by atoms with Crippen LogP contribution in [0, 0.1) is 35.3 Å². The average Bonchev–Trinajstić information content (AvgIpc) is 3.40. The second-order valence-electron chi connectivity index (χ2n) is 11.4. The number of carbonyl (C=O) groups is 4. The van der Waals surface area contributed by atoms with Crippen LogP contribution in [-0.4, -0.2) is 33.7 Å². The Hall–Kier alpha value is -4.57. The highest BCUT2D eigenvalue weighted by Crippen LogP contribution is 2.64. The van der Waals surface area contributed by atoms with Crippen molar-refractivity contribution in [2.45, 2.75) is 24.2 Å². The summed E-state index contributed by atoms with van der Waals surface area (Å²) in [6.07, 6.45) is 2.03. The molecule has 2 saturated heterocycles. The lowest BCUT2D eigenvalue weighted by Gasteiger charge is -2.50. The number of fused-ring (bicyclic) bond motifs is 4. The molecule has 2 aliphatic heterocycles. The Morgan fingerprint density at radius 2 is 1.65 bits per heavy atom. The molecule has 4 amide bonds. The lowest BCUT2D eigenvalue weighted by atomic mass is 9.49. The molecule has 0 unspecified atom stereocenters. The van der Waals surface area contributed by atoms with Crippen molar-refractivity contribution in [1.82, 2.24) is 10.3 Å². The summed E-state index contributed by atoms with van der Waals surface area (Å²) < 4.78 is 28.6. The van der Waals surface area contributed by atoms with E-state index in [2.05, 4.69) is 10.7 Å². The Labute approximate surface area is 249 Å².